The lowest BCUT2D eigenvalue weighted by Crippen LogP contribution is -2.44. The minimum atomic E-state index is 0.149. The minimum Gasteiger partial charge on any atom is -0.465 e. The van der Waals surface area contributed by atoms with Crippen LogP contribution in [0.4, 0.5) is 0 Å². The smallest absolute Gasteiger partial charge is 0.122 e. The molecule has 0 aliphatic carbocycles. The van der Waals surface area contributed by atoms with Crippen molar-refractivity contribution in [1.29, 1.82) is 0 Å². The Morgan fingerprint density at radius 3 is 2.94 bits per heavy atom. The van der Waals surface area contributed by atoms with Gasteiger partial charge in [-0.3, -0.25) is 4.90 Å². The first-order chi connectivity index (χ1) is 8.76. The summed E-state index contributed by atoms with van der Waals surface area (Å²) in [7, 11) is 0. The number of aliphatic hydroxyl groups is 1. The highest BCUT2D eigenvalue weighted by Crippen LogP contribution is 2.30. The van der Waals surface area contributed by atoms with Crippen LogP contribution in [0.1, 0.15) is 43.2 Å². The van der Waals surface area contributed by atoms with E-state index in [1.807, 2.05) is 19.1 Å². The molecule has 0 radical (unpaired) electrons. The third-order valence-corrected chi connectivity index (χ3v) is 3.85. The summed E-state index contributed by atoms with van der Waals surface area (Å²) in [6.45, 7) is 3.81. The fourth-order valence-electron chi connectivity index (χ4n) is 2.94. The summed E-state index contributed by atoms with van der Waals surface area (Å²) in [5.74, 6) is 1.89. The number of likely N-dealkylation sites (tertiary alicyclic amines) is 1. The molecule has 0 saturated carbocycles. The Bertz CT molecular complexity index is 362. The zero-order valence-corrected chi connectivity index (χ0v) is 11.1. The lowest BCUT2D eigenvalue weighted by Gasteiger charge is -2.40. The van der Waals surface area contributed by atoms with Crippen molar-refractivity contribution >= 4 is 0 Å². The van der Waals surface area contributed by atoms with Crippen molar-refractivity contribution in [3.05, 3.63) is 23.7 Å². The second-order valence-electron chi connectivity index (χ2n) is 5.10. The highest BCUT2D eigenvalue weighted by atomic mass is 16.3. The van der Waals surface area contributed by atoms with Gasteiger partial charge in [0.05, 0.1) is 6.04 Å². The molecule has 1 aliphatic heterocycles. The van der Waals surface area contributed by atoms with Gasteiger partial charge in [-0.05, 0) is 44.9 Å². The second-order valence-corrected chi connectivity index (χ2v) is 5.10. The summed E-state index contributed by atoms with van der Waals surface area (Å²) < 4.78 is 5.73. The number of nitrogens with zero attached hydrogens (tertiary/aromatic N) is 1. The topological polar surface area (TPSA) is 62.6 Å². The highest BCUT2D eigenvalue weighted by molar-refractivity contribution is 5.11. The van der Waals surface area contributed by atoms with Crippen molar-refractivity contribution in [2.75, 3.05) is 19.7 Å². The summed E-state index contributed by atoms with van der Waals surface area (Å²) in [5.41, 5.74) is 5.94. The van der Waals surface area contributed by atoms with Crippen LogP contribution in [0.2, 0.25) is 0 Å². The van der Waals surface area contributed by atoms with Crippen LogP contribution < -0.4 is 5.73 Å². The van der Waals surface area contributed by atoms with Gasteiger partial charge in [0.25, 0.3) is 0 Å². The first kappa shape index (κ1) is 13.6. The van der Waals surface area contributed by atoms with Crippen molar-refractivity contribution in [3.8, 4) is 0 Å². The normalized spacial score (nSPS) is 23.2. The Morgan fingerprint density at radius 1 is 1.50 bits per heavy atom. The van der Waals surface area contributed by atoms with E-state index in [1.54, 1.807) is 0 Å². The summed E-state index contributed by atoms with van der Waals surface area (Å²) in [6.07, 6.45) is 4.43. The largest absolute Gasteiger partial charge is 0.465 e. The fraction of sp³-hybridized carbons (Fsp3) is 0.714. The number of aliphatic hydroxyl groups excluding tert-OH is 1. The van der Waals surface area contributed by atoms with Gasteiger partial charge in [-0.25, -0.2) is 0 Å². The van der Waals surface area contributed by atoms with Gasteiger partial charge in [0.2, 0.25) is 0 Å². The number of hydrogen-bond acceptors (Lipinski definition) is 4. The molecule has 0 bridgehead atoms. The minimum absolute atomic E-state index is 0.149. The van der Waals surface area contributed by atoms with Gasteiger partial charge in [-0.2, -0.15) is 0 Å². The summed E-state index contributed by atoms with van der Waals surface area (Å²) >= 11 is 0. The van der Waals surface area contributed by atoms with Gasteiger partial charge >= 0.3 is 0 Å². The van der Waals surface area contributed by atoms with E-state index in [0.29, 0.717) is 12.6 Å². The zero-order valence-electron chi connectivity index (χ0n) is 11.1. The number of hydrogen-bond donors (Lipinski definition) is 2. The molecule has 0 aromatic carbocycles. The molecular weight excluding hydrogens is 228 g/mol. The van der Waals surface area contributed by atoms with Gasteiger partial charge in [0.15, 0.2) is 0 Å². The quantitative estimate of drug-likeness (QED) is 0.839. The van der Waals surface area contributed by atoms with Crippen molar-refractivity contribution < 1.29 is 9.52 Å². The van der Waals surface area contributed by atoms with Crippen LogP contribution in [0, 0.1) is 6.92 Å². The van der Waals surface area contributed by atoms with E-state index in [-0.39, 0.29) is 12.6 Å². The van der Waals surface area contributed by atoms with Crippen molar-refractivity contribution in [3.63, 3.8) is 0 Å². The monoisotopic (exact) mass is 252 g/mol. The van der Waals surface area contributed by atoms with Crippen LogP contribution in [0.5, 0.6) is 0 Å². The van der Waals surface area contributed by atoms with E-state index in [4.69, 9.17) is 10.2 Å². The van der Waals surface area contributed by atoms with E-state index >= 15 is 0 Å². The molecule has 4 heteroatoms. The summed E-state index contributed by atoms with van der Waals surface area (Å²) in [5, 5.41) is 9.18. The highest BCUT2D eigenvalue weighted by Gasteiger charge is 2.30. The molecule has 4 nitrogen and oxygen atoms in total. The zero-order chi connectivity index (χ0) is 13.0. The van der Waals surface area contributed by atoms with E-state index in [1.165, 1.54) is 12.8 Å². The van der Waals surface area contributed by atoms with Gasteiger partial charge in [0, 0.05) is 19.2 Å². The maximum absolute atomic E-state index is 9.18. The lowest BCUT2D eigenvalue weighted by molar-refractivity contribution is 0.0681. The Morgan fingerprint density at radius 2 is 2.33 bits per heavy atom. The maximum Gasteiger partial charge on any atom is 0.122 e. The van der Waals surface area contributed by atoms with E-state index in [9.17, 15) is 5.11 Å². The summed E-state index contributed by atoms with van der Waals surface area (Å²) in [6, 6.07) is 4.60. The predicted octanol–water partition coefficient (Wildman–Crippen LogP) is 1.82. The molecule has 1 aromatic rings. The number of rotatable bonds is 5. The molecule has 1 saturated heterocycles. The van der Waals surface area contributed by atoms with Crippen LogP contribution in [-0.4, -0.2) is 35.7 Å². The molecule has 1 fully saturated rings. The Kier molecular flexibility index (Phi) is 4.80. The van der Waals surface area contributed by atoms with Crippen LogP contribution in [0.25, 0.3) is 0 Å². The van der Waals surface area contributed by atoms with E-state index in [2.05, 4.69) is 4.90 Å². The van der Waals surface area contributed by atoms with E-state index < -0.39 is 0 Å². The van der Waals surface area contributed by atoms with Gasteiger partial charge in [0.1, 0.15) is 11.5 Å². The fourth-order valence-corrected chi connectivity index (χ4v) is 2.94. The Labute approximate surface area is 109 Å². The number of nitrogens with two attached hydrogens (primary N) is 1. The third kappa shape index (κ3) is 2.94. The van der Waals surface area contributed by atoms with Crippen LogP contribution >= 0.6 is 0 Å². The molecule has 2 heterocycles. The molecule has 1 aromatic heterocycles. The van der Waals surface area contributed by atoms with Crippen molar-refractivity contribution in [2.45, 2.75) is 44.7 Å². The third-order valence-electron chi connectivity index (χ3n) is 3.85. The van der Waals surface area contributed by atoms with Crippen molar-refractivity contribution in [2.24, 2.45) is 5.73 Å². The Hall–Kier alpha value is -0.840. The molecule has 18 heavy (non-hydrogen) atoms. The van der Waals surface area contributed by atoms with Gasteiger partial charge in [-0.15, -0.1) is 0 Å². The SMILES string of the molecule is Cc1ccc(C(CN)N2CCCCC2CCO)o1. The molecular formula is C14H24N2O2. The van der Waals surface area contributed by atoms with Gasteiger partial charge in [-0.1, -0.05) is 6.42 Å². The maximum atomic E-state index is 9.18. The van der Waals surface area contributed by atoms with Gasteiger partial charge < -0.3 is 15.3 Å². The molecule has 102 valence electrons. The van der Waals surface area contributed by atoms with Crippen LogP contribution in [-0.2, 0) is 0 Å². The second kappa shape index (κ2) is 6.36. The average Bonchev–Trinajstić information content (AvgIpc) is 2.79. The standard InChI is InChI=1S/C14H24N2O2/c1-11-5-6-14(18-11)13(10-15)16-8-3-2-4-12(16)7-9-17/h5-6,12-13,17H,2-4,7-10,15H2,1H3. The van der Waals surface area contributed by atoms with Crippen LogP contribution in [0.15, 0.2) is 16.5 Å². The van der Waals surface area contributed by atoms with Crippen LogP contribution in [0.3, 0.4) is 0 Å². The molecule has 0 amide bonds. The number of furan rings is 1. The van der Waals surface area contributed by atoms with Crippen molar-refractivity contribution in [1.82, 2.24) is 4.90 Å². The molecule has 0 spiro atoms. The predicted molar refractivity (Wildman–Crippen MR) is 71.3 cm³/mol. The molecule has 3 N–H and O–H groups in total. The first-order valence-electron chi connectivity index (χ1n) is 6.89. The first-order valence-corrected chi connectivity index (χ1v) is 6.89. The molecule has 1 aliphatic rings. The number of aryl methyl sites for hydroxylation is 1. The molecule has 2 unspecified atom stereocenters. The summed E-state index contributed by atoms with van der Waals surface area (Å²) in [4.78, 5) is 2.41. The van der Waals surface area contributed by atoms with E-state index in [0.717, 1.165) is 30.9 Å². The lowest BCUT2D eigenvalue weighted by atomic mass is 9.96. The molecule has 2 atom stereocenters. The number of piperidine rings is 1. The average molecular weight is 252 g/mol. The Balaban J connectivity index is 2.14. The molecule has 2 rings (SSSR count).